The lowest BCUT2D eigenvalue weighted by molar-refractivity contribution is -0.139. The summed E-state index contributed by atoms with van der Waals surface area (Å²) in [6.07, 6.45) is 20.1. The first kappa shape index (κ1) is 27.5. The van der Waals surface area contributed by atoms with Crippen molar-refractivity contribution in [3.63, 3.8) is 0 Å². The zero-order chi connectivity index (χ0) is 24.9. The fourth-order valence-electron chi connectivity index (χ4n) is 4.48. The fraction of sp³-hybridized carbons (Fsp3) is 0.615. The summed E-state index contributed by atoms with van der Waals surface area (Å²) in [5.74, 6) is -1.77. The van der Waals surface area contributed by atoms with E-state index in [1.54, 1.807) is 6.33 Å². The molecule has 0 saturated heterocycles. The minimum absolute atomic E-state index is 0.0255. The number of hydrogen-bond acceptors (Lipinski definition) is 5. The molecule has 0 amide bonds. The number of carbonyl (C=O) groups excluding carboxylic acids is 1. The molecule has 34 heavy (non-hydrogen) atoms. The molecule has 1 aliphatic rings. The zero-order valence-electron chi connectivity index (χ0n) is 20.1. The van der Waals surface area contributed by atoms with Crippen molar-refractivity contribution < 1.29 is 24.6 Å². The number of unbranched alkanes of at least 4 members (excludes halogenated alkanes) is 5. The molecule has 1 fully saturated rings. The standard InChI is InChI=1S/C26H39N3O5/c1-2-3-4-5-6-9-12-20-21(13-10-7-8-11-14-25(31)32)24(30)16-23(20)29-17-19(28-18-29)15-22(27)26(33)34/h7,9-10,12,17-18,20-23H,2-6,8,11,13-16,27H2,1H3,(H,31,32)(H,33,34)/t20-,21-,22+,23?/m1/s1. The molecule has 0 aliphatic heterocycles. The topological polar surface area (TPSA) is 136 Å². The normalized spacial score (nSPS) is 21.6. The Hall–Kier alpha value is -2.74. The van der Waals surface area contributed by atoms with Crippen LogP contribution in [0.25, 0.3) is 0 Å². The van der Waals surface area contributed by atoms with E-state index in [0.29, 0.717) is 31.4 Å². The quantitative estimate of drug-likeness (QED) is 0.240. The van der Waals surface area contributed by atoms with Crippen LogP contribution in [0.4, 0.5) is 0 Å². The lowest BCUT2D eigenvalue weighted by atomic mass is 9.89. The molecular weight excluding hydrogens is 434 g/mol. The van der Waals surface area contributed by atoms with Gasteiger partial charge in [-0.15, -0.1) is 0 Å². The SMILES string of the molecule is CCCCCCC=C[C@H]1C(n2cnc(C[C@H](N)C(=O)O)c2)CC(=O)[C@@H]1CC=CCCCC(=O)O. The van der Waals surface area contributed by atoms with Crippen LogP contribution in [-0.2, 0) is 20.8 Å². The Labute approximate surface area is 201 Å². The van der Waals surface area contributed by atoms with Gasteiger partial charge >= 0.3 is 11.9 Å². The van der Waals surface area contributed by atoms with E-state index in [1.807, 2.05) is 22.9 Å². The highest BCUT2D eigenvalue weighted by Crippen LogP contribution is 2.41. The van der Waals surface area contributed by atoms with E-state index in [-0.39, 0.29) is 36.5 Å². The van der Waals surface area contributed by atoms with Crippen LogP contribution in [0.15, 0.2) is 36.8 Å². The maximum atomic E-state index is 12.9. The number of rotatable bonds is 16. The van der Waals surface area contributed by atoms with Crippen LogP contribution >= 0.6 is 0 Å². The van der Waals surface area contributed by atoms with Crippen molar-refractivity contribution in [2.24, 2.45) is 17.6 Å². The molecule has 1 unspecified atom stereocenters. The van der Waals surface area contributed by atoms with Crippen LogP contribution in [0.2, 0.25) is 0 Å². The van der Waals surface area contributed by atoms with Crippen molar-refractivity contribution in [2.75, 3.05) is 0 Å². The van der Waals surface area contributed by atoms with Gasteiger partial charge in [-0.1, -0.05) is 50.5 Å². The molecule has 1 aromatic heterocycles. The summed E-state index contributed by atoms with van der Waals surface area (Å²) >= 11 is 0. The Morgan fingerprint density at radius 2 is 1.94 bits per heavy atom. The van der Waals surface area contributed by atoms with Crippen LogP contribution in [0, 0.1) is 11.8 Å². The predicted octanol–water partition coefficient (Wildman–Crippen LogP) is 4.31. The Morgan fingerprint density at radius 3 is 2.65 bits per heavy atom. The number of hydrogen-bond donors (Lipinski definition) is 3. The molecule has 1 heterocycles. The molecular formula is C26H39N3O5. The molecule has 0 radical (unpaired) electrons. The number of aliphatic carboxylic acids is 2. The minimum atomic E-state index is -1.07. The van der Waals surface area contributed by atoms with E-state index < -0.39 is 18.0 Å². The summed E-state index contributed by atoms with van der Waals surface area (Å²) in [6.45, 7) is 2.19. The minimum Gasteiger partial charge on any atom is -0.481 e. The highest BCUT2D eigenvalue weighted by molar-refractivity contribution is 5.84. The highest BCUT2D eigenvalue weighted by atomic mass is 16.4. The number of imidazole rings is 1. The Morgan fingerprint density at radius 1 is 1.18 bits per heavy atom. The predicted molar refractivity (Wildman–Crippen MR) is 130 cm³/mol. The lowest BCUT2D eigenvalue weighted by Gasteiger charge is -2.21. The molecule has 0 aromatic carbocycles. The van der Waals surface area contributed by atoms with Gasteiger partial charge in [-0.3, -0.25) is 14.4 Å². The summed E-state index contributed by atoms with van der Waals surface area (Å²) in [6, 6.07) is -1.07. The third-order valence-electron chi connectivity index (χ3n) is 6.42. The summed E-state index contributed by atoms with van der Waals surface area (Å²) in [5, 5.41) is 17.8. The van der Waals surface area contributed by atoms with Crippen molar-refractivity contribution in [1.29, 1.82) is 0 Å². The summed E-state index contributed by atoms with van der Waals surface area (Å²) < 4.78 is 1.93. The zero-order valence-corrected chi connectivity index (χ0v) is 20.1. The molecule has 2 rings (SSSR count). The number of carbonyl (C=O) groups is 3. The van der Waals surface area contributed by atoms with Gasteiger partial charge in [0.25, 0.3) is 0 Å². The van der Waals surface area contributed by atoms with Crippen LogP contribution in [0.3, 0.4) is 0 Å². The Balaban J connectivity index is 2.09. The fourth-order valence-corrected chi connectivity index (χ4v) is 4.48. The first-order chi connectivity index (χ1) is 16.3. The second-order valence-electron chi connectivity index (χ2n) is 9.15. The third kappa shape index (κ3) is 8.89. The molecule has 0 spiro atoms. The van der Waals surface area contributed by atoms with E-state index >= 15 is 0 Å². The molecule has 4 N–H and O–H groups in total. The Kier molecular flexibility index (Phi) is 11.7. The molecule has 188 valence electrons. The summed E-state index contributed by atoms with van der Waals surface area (Å²) in [5.41, 5.74) is 6.25. The molecule has 1 aliphatic carbocycles. The number of nitrogens with zero attached hydrogens (tertiary/aromatic N) is 2. The molecule has 0 bridgehead atoms. The van der Waals surface area contributed by atoms with Crippen LogP contribution in [0.1, 0.15) is 82.9 Å². The van der Waals surface area contributed by atoms with E-state index in [1.165, 1.54) is 19.3 Å². The van der Waals surface area contributed by atoms with Crippen LogP contribution in [0.5, 0.6) is 0 Å². The third-order valence-corrected chi connectivity index (χ3v) is 6.42. The van der Waals surface area contributed by atoms with Gasteiger partial charge in [0.15, 0.2) is 0 Å². The second kappa shape index (κ2) is 14.5. The van der Waals surface area contributed by atoms with Gasteiger partial charge in [0.05, 0.1) is 12.0 Å². The average molecular weight is 474 g/mol. The number of allylic oxidation sites excluding steroid dienone is 4. The molecule has 8 nitrogen and oxygen atoms in total. The highest BCUT2D eigenvalue weighted by Gasteiger charge is 2.41. The first-order valence-electron chi connectivity index (χ1n) is 12.4. The van der Waals surface area contributed by atoms with Crippen molar-refractivity contribution >= 4 is 17.7 Å². The molecule has 1 saturated carbocycles. The van der Waals surface area contributed by atoms with Crippen molar-refractivity contribution in [3.8, 4) is 0 Å². The van der Waals surface area contributed by atoms with E-state index in [4.69, 9.17) is 15.9 Å². The number of carboxylic acid groups (broad SMARTS) is 2. The van der Waals surface area contributed by atoms with Gasteiger partial charge in [0, 0.05) is 43.3 Å². The van der Waals surface area contributed by atoms with Crippen molar-refractivity contribution in [1.82, 2.24) is 9.55 Å². The molecule has 8 heteroatoms. The van der Waals surface area contributed by atoms with E-state index in [9.17, 15) is 14.4 Å². The summed E-state index contributed by atoms with van der Waals surface area (Å²) in [7, 11) is 0. The van der Waals surface area contributed by atoms with Gasteiger partial charge in [0.2, 0.25) is 0 Å². The monoisotopic (exact) mass is 473 g/mol. The maximum absolute atomic E-state index is 12.9. The second-order valence-corrected chi connectivity index (χ2v) is 9.15. The van der Waals surface area contributed by atoms with Crippen molar-refractivity contribution in [3.05, 3.63) is 42.5 Å². The number of nitrogens with two attached hydrogens (primary N) is 1. The number of carboxylic acids is 2. The molecule has 4 atom stereocenters. The average Bonchev–Trinajstić information content (AvgIpc) is 3.37. The molecule has 1 aromatic rings. The number of ketones is 1. The van der Waals surface area contributed by atoms with Gasteiger partial charge in [0.1, 0.15) is 11.8 Å². The van der Waals surface area contributed by atoms with E-state index in [0.717, 1.165) is 12.8 Å². The largest absolute Gasteiger partial charge is 0.481 e. The van der Waals surface area contributed by atoms with Crippen molar-refractivity contribution in [2.45, 2.75) is 89.6 Å². The smallest absolute Gasteiger partial charge is 0.320 e. The van der Waals surface area contributed by atoms with Gasteiger partial charge in [-0.05, 0) is 32.1 Å². The van der Waals surface area contributed by atoms with Crippen LogP contribution < -0.4 is 5.73 Å². The van der Waals surface area contributed by atoms with Gasteiger partial charge in [-0.2, -0.15) is 0 Å². The number of aromatic nitrogens is 2. The van der Waals surface area contributed by atoms with Crippen LogP contribution in [-0.4, -0.2) is 43.5 Å². The summed E-state index contributed by atoms with van der Waals surface area (Å²) in [4.78, 5) is 39.0. The Bertz CT molecular complexity index is 860. The van der Waals surface area contributed by atoms with Gasteiger partial charge < -0.3 is 20.5 Å². The van der Waals surface area contributed by atoms with Gasteiger partial charge in [-0.25, -0.2) is 4.98 Å². The number of Topliss-reactive ketones (excluding diaryl/α,β-unsaturated/α-hetero) is 1. The first-order valence-corrected chi connectivity index (χ1v) is 12.4. The lowest BCUT2D eigenvalue weighted by Crippen LogP contribution is -2.32. The maximum Gasteiger partial charge on any atom is 0.320 e. The van der Waals surface area contributed by atoms with E-state index in [2.05, 4.69) is 24.1 Å².